The Hall–Kier alpha value is -1.87. The van der Waals surface area contributed by atoms with Crippen LogP contribution in [0.1, 0.15) is 5.56 Å². The number of benzene rings is 2. The highest BCUT2D eigenvalue weighted by molar-refractivity contribution is 5.86. The van der Waals surface area contributed by atoms with E-state index in [1.807, 2.05) is 42.5 Å². The number of nitrogens with two attached hydrogens (primary N) is 1. The van der Waals surface area contributed by atoms with Gasteiger partial charge in [0.2, 0.25) is 0 Å². The lowest BCUT2D eigenvalue weighted by Gasteiger charge is -2.11. The summed E-state index contributed by atoms with van der Waals surface area (Å²) in [6.45, 7) is 0.165. The average Bonchev–Trinajstić information content (AvgIpc) is 2.35. The minimum Gasteiger partial charge on any atom is -0.481 e. The van der Waals surface area contributed by atoms with E-state index in [0.29, 0.717) is 6.42 Å². The molecule has 0 bridgehead atoms. The van der Waals surface area contributed by atoms with Gasteiger partial charge in [-0.3, -0.25) is 4.79 Å². The van der Waals surface area contributed by atoms with E-state index in [1.165, 1.54) is 0 Å². The van der Waals surface area contributed by atoms with Crippen LogP contribution in [0.4, 0.5) is 0 Å². The Morgan fingerprint density at radius 2 is 1.88 bits per heavy atom. The van der Waals surface area contributed by atoms with E-state index in [0.717, 1.165) is 16.3 Å². The smallest absolute Gasteiger partial charge is 0.308 e. The Bertz CT molecular complexity index is 531. The van der Waals surface area contributed by atoms with E-state index in [9.17, 15) is 4.79 Å². The summed E-state index contributed by atoms with van der Waals surface area (Å²) >= 11 is 0. The highest BCUT2D eigenvalue weighted by atomic mass is 16.4. The summed E-state index contributed by atoms with van der Waals surface area (Å²) in [6.07, 6.45) is 0.479. The molecule has 0 amide bonds. The molecule has 88 valence electrons. The van der Waals surface area contributed by atoms with Gasteiger partial charge < -0.3 is 10.8 Å². The molecule has 0 aliphatic rings. The Balaban J connectivity index is 2.38. The lowest BCUT2D eigenvalue weighted by atomic mass is 9.95. The van der Waals surface area contributed by atoms with Crippen LogP contribution in [-0.4, -0.2) is 17.6 Å². The molecule has 17 heavy (non-hydrogen) atoms. The van der Waals surface area contributed by atoms with Crippen LogP contribution in [0, 0.1) is 5.92 Å². The van der Waals surface area contributed by atoms with E-state index in [-0.39, 0.29) is 6.54 Å². The molecule has 0 fully saturated rings. The predicted molar refractivity (Wildman–Crippen MR) is 67.8 cm³/mol. The zero-order valence-corrected chi connectivity index (χ0v) is 9.47. The molecular weight excluding hydrogens is 214 g/mol. The van der Waals surface area contributed by atoms with Crippen LogP contribution in [-0.2, 0) is 11.2 Å². The second kappa shape index (κ2) is 4.97. The number of rotatable bonds is 4. The molecule has 2 aromatic carbocycles. The number of carboxylic acids is 1. The Labute approximate surface area is 99.9 Å². The largest absolute Gasteiger partial charge is 0.481 e. The van der Waals surface area contributed by atoms with Crippen LogP contribution in [0.2, 0.25) is 0 Å². The molecular formula is C14H15NO2. The van der Waals surface area contributed by atoms with Gasteiger partial charge in [0.15, 0.2) is 0 Å². The summed E-state index contributed by atoms with van der Waals surface area (Å²) in [6, 6.07) is 13.9. The molecule has 0 aromatic heterocycles. The minimum absolute atomic E-state index is 0.165. The number of carbonyl (C=O) groups is 1. The number of fused-ring (bicyclic) bond motifs is 1. The van der Waals surface area contributed by atoms with Gasteiger partial charge in [-0.25, -0.2) is 0 Å². The van der Waals surface area contributed by atoms with Crippen LogP contribution in [0.25, 0.3) is 10.8 Å². The maximum absolute atomic E-state index is 11.0. The molecule has 0 saturated carbocycles. The molecule has 0 radical (unpaired) electrons. The molecule has 0 saturated heterocycles. The maximum atomic E-state index is 11.0. The second-order valence-electron chi connectivity index (χ2n) is 4.11. The van der Waals surface area contributed by atoms with Gasteiger partial charge >= 0.3 is 5.97 Å². The third-order valence-corrected chi connectivity index (χ3v) is 2.98. The first kappa shape index (κ1) is 11.6. The van der Waals surface area contributed by atoms with Gasteiger partial charge in [-0.05, 0) is 22.8 Å². The second-order valence-corrected chi connectivity index (χ2v) is 4.11. The van der Waals surface area contributed by atoms with Gasteiger partial charge in [-0.1, -0.05) is 42.5 Å². The first-order valence-corrected chi connectivity index (χ1v) is 5.62. The number of carboxylic acid groups (broad SMARTS) is 1. The van der Waals surface area contributed by atoms with Crippen molar-refractivity contribution in [3.8, 4) is 0 Å². The topological polar surface area (TPSA) is 63.3 Å². The van der Waals surface area contributed by atoms with Crippen molar-refractivity contribution in [2.75, 3.05) is 6.54 Å². The average molecular weight is 229 g/mol. The van der Waals surface area contributed by atoms with E-state index in [2.05, 4.69) is 0 Å². The molecule has 0 aliphatic heterocycles. The van der Waals surface area contributed by atoms with Crippen molar-refractivity contribution in [2.24, 2.45) is 11.7 Å². The summed E-state index contributed by atoms with van der Waals surface area (Å²) in [5.41, 5.74) is 6.53. The Morgan fingerprint density at radius 1 is 1.18 bits per heavy atom. The molecule has 2 rings (SSSR count). The summed E-state index contributed by atoms with van der Waals surface area (Å²) in [7, 11) is 0. The first-order valence-electron chi connectivity index (χ1n) is 5.62. The summed E-state index contributed by atoms with van der Waals surface area (Å²) < 4.78 is 0. The van der Waals surface area contributed by atoms with Crippen molar-refractivity contribution in [3.05, 3.63) is 48.0 Å². The highest BCUT2D eigenvalue weighted by Crippen LogP contribution is 2.21. The lowest BCUT2D eigenvalue weighted by molar-refractivity contribution is -0.141. The maximum Gasteiger partial charge on any atom is 0.308 e. The third-order valence-electron chi connectivity index (χ3n) is 2.98. The van der Waals surface area contributed by atoms with Gasteiger partial charge in [0, 0.05) is 6.54 Å². The van der Waals surface area contributed by atoms with Crippen molar-refractivity contribution < 1.29 is 9.90 Å². The predicted octanol–water partition coefficient (Wildman–Crippen LogP) is 2.04. The van der Waals surface area contributed by atoms with Crippen LogP contribution in [0.15, 0.2) is 42.5 Å². The Morgan fingerprint density at radius 3 is 2.59 bits per heavy atom. The highest BCUT2D eigenvalue weighted by Gasteiger charge is 2.16. The monoisotopic (exact) mass is 229 g/mol. The van der Waals surface area contributed by atoms with Gasteiger partial charge in [0.25, 0.3) is 0 Å². The van der Waals surface area contributed by atoms with Gasteiger partial charge in [-0.15, -0.1) is 0 Å². The van der Waals surface area contributed by atoms with Crippen LogP contribution >= 0.6 is 0 Å². The van der Waals surface area contributed by atoms with E-state index >= 15 is 0 Å². The number of hydrogen-bond acceptors (Lipinski definition) is 2. The molecule has 3 N–H and O–H groups in total. The molecule has 0 spiro atoms. The molecule has 1 atom stereocenters. The molecule has 1 unspecified atom stereocenters. The Kier molecular flexibility index (Phi) is 3.40. The zero-order valence-electron chi connectivity index (χ0n) is 9.47. The molecule has 0 heterocycles. The lowest BCUT2D eigenvalue weighted by Crippen LogP contribution is -2.25. The van der Waals surface area contributed by atoms with Crippen molar-refractivity contribution in [2.45, 2.75) is 6.42 Å². The van der Waals surface area contributed by atoms with Gasteiger partial charge in [-0.2, -0.15) is 0 Å². The number of hydrogen-bond donors (Lipinski definition) is 2. The van der Waals surface area contributed by atoms with Crippen LogP contribution < -0.4 is 5.73 Å². The molecule has 3 heteroatoms. The molecule has 3 nitrogen and oxygen atoms in total. The summed E-state index contributed by atoms with van der Waals surface area (Å²) in [5.74, 6) is -1.35. The quantitative estimate of drug-likeness (QED) is 0.843. The fraction of sp³-hybridized carbons (Fsp3) is 0.214. The normalized spacial score (nSPS) is 12.5. The van der Waals surface area contributed by atoms with Crippen molar-refractivity contribution in [3.63, 3.8) is 0 Å². The van der Waals surface area contributed by atoms with Crippen LogP contribution in [0.5, 0.6) is 0 Å². The SMILES string of the molecule is NCC(Cc1cccc2ccccc12)C(=O)O. The van der Waals surface area contributed by atoms with Crippen molar-refractivity contribution >= 4 is 16.7 Å². The molecule has 2 aromatic rings. The van der Waals surface area contributed by atoms with E-state index in [4.69, 9.17) is 10.8 Å². The number of aliphatic carboxylic acids is 1. The van der Waals surface area contributed by atoms with Crippen LogP contribution in [0.3, 0.4) is 0 Å². The van der Waals surface area contributed by atoms with E-state index in [1.54, 1.807) is 0 Å². The van der Waals surface area contributed by atoms with Crippen molar-refractivity contribution in [1.29, 1.82) is 0 Å². The first-order chi connectivity index (χ1) is 8.22. The van der Waals surface area contributed by atoms with Gasteiger partial charge in [0.05, 0.1) is 5.92 Å². The van der Waals surface area contributed by atoms with E-state index < -0.39 is 11.9 Å². The summed E-state index contributed by atoms with van der Waals surface area (Å²) in [4.78, 5) is 11.0. The minimum atomic E-state index is -0.833. The zero-order chi connectivity index (χ0) is 12.3. The fourth-order valence-electron chi connectivity index (χ4n) is 2.01. The molecule has 0 aliphatic carbocycles. The van der Waals surface area contributed by atoms with Gasteiger partial charge in [0.1, 0.15) is 0 Å². The standard InChI is InChI=1S/C14H15NO2/c15-9-12(14(16)17)8-11-6-3-5-10-4-1-2-7-13(10)11/h1-7,12H,8-9,15H2,(H,16,17). The summed E-state index contributed by atoms with van der Waals surface area (Å²) in [5, 5.41) is 11.3. The fourth-order valence-corrected chi connectivity index (χ4v) is 2.01. The van der Waals surface area contributed by atoms with Crippen molar-refractivity contribution in [1.82, 2.24) is 0 Å². The third kappa shape index (κ3) is 2.45.